The van der Waals surface area contributed by atoms with Crippen LogP contribution >= 0.6 is 0 Å². The van der Waals surface area contributed by atoms with E-state index in [1.807, 2.05) is 0 Å². The Kier molecular flexibility index (Phi) is 7.78. The molecule has 4 fully saturated rings. The van der Waals surface area contributed by atoms with Crippen molar-refractivity contribution in [3.05, 3.63) is 0 Å². The van der Waals surface area contributed by atoms with Gasteiger partial charge in [0.25, 0.3) is 0 Å². The molecular weight excluding hydrogens is 470 g/mol. The van der Waals surface area contributed by atoms with Crippen molar-refractivity contribution in [1.29, 1.82) is 0 Å². The first-order valence-corrected chi connectivity index (χ1v) is 16.0. The van der Waals surface area contributed by atoms with Gasteiger partial charge in [0.2, 0.25) is 5.91 Å². The molecule has 4 saturated carbocycles. The number of carbonyl (C=O) groups excluding carboxylic acids is 1. The summed E-state index contributed by atoms with van der Waals surface area (Å²) in [5.41, 5.74) is 0.454. The third-order valence-corrected chi connectivity index (χ3v) is 12.1. The summed E-state index contributed by atoms with van der Waals surface area (Å²) in [4.78, 5) is 12.3. The van der Waals surface area contributed by atoms with E-state index in [0.717, 1.165) is 32.1 Å². The average molecular weight is 516 g/mol. The van der Waals surface area contributed by atoms with Gasteiger partial charge in [-0.3, -0.25) is 4.79 Å². The van der Waals surface area contributed by atoms with E-state index in [0.29, 0.717) is 41.9 Å². The van der Waals surface area contributed by atoms with E-state index in [9.17, 15) is 23.8 Å². The number of rotatable bonds is 7. The molecule has 4 rings (SSSR count). The predicted molar refractivity (Wildman–Crippen MR) is 137 cm³/mol. The molecule has 6 nitrogen and oxygen atoms in total. The predicted octanol–water partition coefficient (Wildman–Crippen LogP) is 3.73. The van der Waals surface area contributed by atoms with Gasteiger partial charge in [0, 0.05) is 24.2 Å². The summed E-state index contributed by atoms with van der Waals surface area (Å²) in [6, 6.07) is 0. The van der Waals surface area contributed by atoms with E-state index >= 15 is 0 Å². The summed E-state index contributed by atoms with van der Waals surface area (Å²) < 4.78 is 20.4. The van der Waals surface area contributed by atoms with E-state index in [1.165, 1.54) is 25.7 Å². The molecule has 11 atom stereocenters. The van der Waals surface area contributed by atoms with Gasteiger partial charge in [-0.1, -0.05) is 20.8 Å². The molecule has 0 aromatic heterocycles. The second-order valence-electron chi connectivity index (χ2n) is 12.6. The van der Waals surface area contributed by atoms with Crippen LogP contribution in [0.4, 0.5) is 0 Å². The van der Waals surface area contributed by atoms with E-state index in [4.69, 9.17) is 0 Å². The zero-order chi connectivity index (χ0) is 24.9. The van der Waals surface area contributed by atoms with Gasteiger partial charge in [-0.15, -0.1) is 0 Å². The molecule has 0 radical (unpaired) electrons. The number of carbonyl (C=O) groups is 1. The van der Waals surface area contributed by atoms with Crippen LogP contribution in [-0.2, 0) is 24.8 Å². The molecule has 8 heteroatoms. The smallest absolute Gasteiger partial charge is 0.220 e. The average Bonchev–Trinajstić information content (AvgIpc) is 3.09. The molecule has 0 aromatic carbocycles. The van der Waals surface area contributed by atoms with Crippen LogP contribution < -0.4 is 5.32 Å². The second kappa shape index (κ2) is 9.88. The minimum atomic E-state index is -3.23. The SMILES string of the molecule is C[C@H](CCC(=O)NCCS(=O)(O)=S)[C@H]1CCC2C3C(O)C[C@@H]4C[C@H](O)CC[C@]4(C)C3CC[C@@]21C. The van der Waals surface area contributed by atoms with Crippen molar-refractivity contribution in [3.63, 3.8) is 0 Å². The third kappa shape index (κ3) is 5.09. The van der Waals surface area contributed by atoms with E-state index in [-0.39, 0.29) is 41.2 Å². The largest absolute Gasteiger partial charge is 0.393 e. The first-order valence-electron chi connectivity index (χ1n) is 13.4. The number of hydrogen-bond donors (Lipinski definition) is 4. The Morgan fingerprint density at radius 2 is 1.76 bits per heavy atom. The van der Waals surface area contributed by atoms with Crippen LogP contribution in [0.5, 0.6) is 0 Å². The van der Waals surface area contributed by atoms with Crippen molar-refractivity contribution >= 4 is 25.9 Å². The molecule has 0 saturated heterocycles. The molecular formula is C26H45NO5S2. The lowest BCUT2D eigenvalue weighted by Gasteiger charge is -2.62. The minimum Gasteiger partial charge on any atom is -0.393 e. The molecule has 5 unspecified atom stereocenters. The molecule has 0 bridgehead atoms. The zero-order valence-electron chi connectivity index (χ0n) is 21.1. The highest BCUT2D eigenvalue weighted by atomic mass is 32.8. The normalized spacial score (nSPS) is 46.5. The highest BCUT2D eigenvalue weighted by Gasteiger charge is 2.62. The summed E-state index contributed by atoms with van der Waals surface area (Å²) in [5.74, 6) is 2.71. The zero-order valence-corrected chi connectivity index (χ0v) is 22.7. The fraction of sp³-hybridized carbons (Fsp3) is 0.962. The first kappa shape index (κ1) is 26.8. The van der Waals surface area contributed by atoms with Crippen LogP contribution in [0, 0.1) is 46.3 Å². The van der Waals surface area contributed by atoms with Gasteiger partial charge >= 0.3 is 0 Å². The van der Waals surface area contributed by atoms with Crippen molar-refractivity contribution < 1.29 is 23.8 Å². The molecule has 0 aliphatic heterocycles. The molecule has 196 valence electrons. The molecule has 1 amide bonds. The Hall–Kier alpha value is -0.280. The number of fused-ring (bicyclic) bond motifs is 5. The van der Waals surface area contributed by atoms with Crippen LogP contribution in [-0.4, -0.2) is 49.4 Å². The van der Waals surface area contributed by atoms with Crippen LogP contribution in [0.2, 0.25) is 0 Å². The van der Waals surface area contributed by atoms with E-state index < -0.39 is 8.77 Å². The summed E-state index contributed by atoms with van der Waals surface area (Å²) in [6.07, 6.45) is 9.16. The van der Waals surface area contributed by atoms with Gasteiger partial charge < -0.3 is 20.1 Å². The Morgan fingerprint density at radius 3 is 2.47 bits per heavy atom. The Labute approximate surface area is 210 Å². The fourth-order valence-electron chi connectivity index (χ4n) is 9.14. The lowest BCUT2D eigenvalue weighted by atomic mass is 9.43. The van der Waals surface area contributed by atoms with Crippen LogP contribution in [0.3, 0.4) is 0 Å². The highest BCUT2D eigenvalue weighted by molar-refractivity contribution is 8.29. The van der Waals surface area contributed by atoms with Crippen molar-refractivity contribution in [2.24, 2.45) is 46.3 Å². The molecule has 0 heterocycles. The lowest BCUT2D eigenvalue weighted by Crippen LogP contribution is -2.58. The summed E-state index contributed by atoms with van der Waals surface area (Å²) in [5, 5.41) is 24.4. The first-order chi connectivity index (χ1) is 15.8. The van der Waals surface area contributed by atoms with Gasteiger partial charge in [0.05, 0.1) is 18.0 Å². The lowest BCUT2D eigenvalue weighted by molar-refractivity contribution is -0.174. The quantitative estimate of drug-likeness (QED) is 0.412. The van der Waals surface area contributed by atoms with Crippen LogP contribution in [0.25, 0.3) is 0 Å². The maximum atomic E-state index is 12.3. The number of amides is 1. The van der Waals surface area contributed by atoms with Crippen molar-refractivity contribution in [1.82, 2.24) is 5.32 Å². The van der Waals surface area contributed by atoms with Gasteiger partial charge in [-0.05, 0) is 104 Å². The maximum absolute atomic E-state index is 12.3. The number of nitrogens with one attached hydrogen (secondary N) is 1. The van der Waals surface area contributed by atoms with E-state index in [1.54, 1.807) is 0 Å². The van der Waals surface area contributed by atoms with Crippen molar-refractivity contribution in [2.45, 2.75) is 97.2 Å². The topological polar surface area (TPSA) is 107 Å². The molecule has 0 spiro atoms. The number of aliphatic hydroxyl groups excluding tert-OH is 2. The molecule has 34 heavy (non-hydrogen) atoms. The van der Waals surface area contributed by atoms with Crippen molar-refractivity contribution in [2.75, 3.05) is 12.3 Å². The van der Waals surface area contributed by atoms with Crippen molar-refractivity contribution in [3.8, 4) is 0 Å². The van der Waals surface area contributed by atoms with Gasteiger partial charge in [-0.25, -0.2) is 4.21 Å². The summed E-state index contributed by atoms with van der Waals surface area (Å²) in [7, 11) is -3.23. The summed E-state index contributed by atoms with van der Waals surface area (Å²) in [6.45, 7) is 7.32. The van der Waals surface area contributed by atoms with Gasteiger partial charge in [-0.2, -0.15) is 0 Å². The van der Waals surface area contributed by atoms with E-state index in [2.05, 4.69) is 37.3 Å². The minimum absolute atomic E-state index is 0.0740. The van der Waals surface area contributed by atoms with Gasteiger partial charge in [0.1, 0.15) is 8.77 Å². The Bertz CT molecular complexity index is 865. The molecule has 4 aliphatic carbocycles. The Morgan fingerprint density at radius 1 is 1.09 bits per heavy atom. The molecule has 0 aromatic rings. The number of aliphatic hydroxyl groups is 2. The fourth-order valence-corrected chi connectivity index (χ4v) is 9.75. The third-order valence-electron chi connectivity index (χ3n) is 10.9. The van der Waals surface area contributed by atoms with Crippen LogP contribution in [0.15, 0.2) is 0 Å². The molecule has 4 aliphatic rings. The standard InChI is InChI=1S/C26H45NO5S2/c1-16(4-7-23(30)27-12-13-34(31,32)33)19-5-6-20-24-21(9-11-26(19,20)3)25(2)10-8-18(28)14-17(25)15-22(24)29/h16-22,24,28-29H,4-15H2,1-3H3,(H,27,30)(H,31,32,33)/t16-,17+,18-,19-,20?,21?,22?,24?,25+,26-/m1/s1. The summed E-state index contributed by atoms with van der Waals surface area (Å²) >= 11 is 4.48. The van der Waals surface area contributed by atoms with Crippen LogP contribution in [0.1, 0.15) is 85.0 Å². The molecule has 4 N–H and O–H groups in total. The number of hydrogen-bond acceptors (Lipinski definition) is 5. The highest BCUT2D eigenvalue weighted by Crippen LogP contribution is 2.68. The Balaban J connectivity index is 1.39. The maximum Gasteiger partial charge on any atom is 0.220 e. The second-order valence-corrected chi connectivity index (χ2v) is 15.7. The monoisotopic (exact) mass is 515 g/mol. The van der Waals surface area contributed by atoms with Gasteiger partial charge in [0.15, 0.2) is 0 Å².